The molecule has 1 saturated carbocycles. The van der Waals surface area contributed by atoms with E-state index in [1.807, 2.05) is 0 Å². The smallest absolute Gasteiger partial charge is 0.110 e. The van der Waals surface area contributed by atoms with E-state index in [-0.39, 0.29) is 12.2 Å². The predicted octanol–water partition coefficient (Wildman–Crippen LogP) is 0.689. The van der Waals surface area contributed by atoms with Gasteiger partial charge in [0.1, 0.15) is 6.10 Å². The number of hydrogen-bond donors (Lipinski definition) is 1. The largest absolute Gasteiger partial charge is 0.390 e. The zero-order chi connectivity index (χ0) is 6.27. The fraction of sp³-hybridized carbons (Fsp3) is 1.00. The zero-order valence-electron chi connectivity index (χ0n) is 5.42. The summed E-state index contributed by atoms with van der Waals surface area (Å²) in [6.45, 7) is 0. The molecule has 1 aliphatic carbocycles. The summed E-state index contributed by atoms with van der Waals surface area (Å²) in [4.78, 5) is 0. The Balaban J connectivity index is 1.96. The van der Waals surface area contributed by atoms with Gasteiger partial charge in [-0.1, -0.05) is 12.8 Å². The molecule has 1 unspecified atom stereocenters. The van der Waals surface area contributed by atoms with Crippen molar-refractivity contribution >= 4 is 0 Å². The van der Waals surface area contributed by atoms with Gasteiger partial charge < -0.3 is 9.84 Å². The topological polar surface area (TPSA) is 32.8 Å². The summed E-state index contributed by atoms with van der Waals surface area (Å²) in [6.07, 6.45) is 5.01. The van der Waals surface area contributed by atoms with Crippen LogP contribution in [0.4, 0.5) is 0 Å². The number of rotatable bonds is 0. The minimum absolute atomic E-state index is 0.155. The summed E-state index contributed by atoms with van der Waals surface area (Å²) in [5.74, 6) is 0. The van der Waals surface area contributed by atoms with Crippen LogP contribution in [0, 0.1) is 0 Å². The molecule has 2 heteroatoms. The first-order valence-corrected chi connectivity index (χ1v) is 3.71. The second kappa shape index (κ2) is 1.96. The number of ether oxygens (including phenoxy) is 1. The van der Waals surface area contributed by atoms with Gasteiger partial charge in [0.2, 0.25) is 0 Å². The fourth-order valence-corrected chi connectivity index (χ4v) is 1.59. The van der Waals surface area contributed by atoms with E-state index in [2.05, 4.69) is 0 Å². The van der Waals surface area contributed by atoms with Gasteiger partial charge in [-0.05, 0) is 12.8 Å². The van der Waals surface area contributed by atoms with Crippen LogP contribution in [-0.2, 0) is 4.74 Å². The number of hydrogen-bond acceptors (Lipinski definition) is 2. The third-order valence-corrected chi connectivity index (χ3v) is 2.24. The van der Waals surface area contributed by atoms with Crippen molar-refractivity contribution in [2.24, 2.45) is 0 Å². The highest BCUT2D eigenvalue weighted by Gasteiger charge is 2.44. The number of fused-ring (bicyclic) bond motifs is 1. The second-order valence-electron chi connectivity index (χ2n) is 2.99. The Labute approximate surface area is 54.8 Å². The predicted molar refractivity (Wildman–Crippen MR) is 33.1 cm³/mol. The van der Waals surface area contributed by atoms with Crippen LogP contribution in [0.25, 0.3) is 0 Å². The molecule has 0 aromatic rings. The Morgan fingerprint density at radius 3 is 2.89 bits per heavy atom. The van der Waals surface area contributed by atoms with E-state index < -0.39 is 0 Å². The Bertz CT molecular complexity index is 113. The van der Waals surface area contributed by atoms with Crippen LogP contribution in [-0.4, -0.2) is 23.4 Å². The summed E-state index contributed by atoms with van der Waals surface area (Å²) in [5.41, 5.74) is 0. The lowest BCUT2D eigenvalue weighted by atomic mass is 10.2. The average molecular weight is 128 g/mol. The van der Waals surface area contributed by atoms with Gasteiger partial charge in [0.25, 0.3) is 0 Å². The van der Waals surface area contributed by atoms with Gasteiger partial charge in [0.05, 0.1) is 12.2 Å². The van der Waals surface area contributed by atoms with Gasteiger partial charge in [-0.25, -0.2) is 0 Å². The molecule has 1 saturated heterocycles. The van der Waals surface area contributed by atoms with E-state index in [0.29, 0.717) is 6.10 Å². The van der Waals surface area contributed by atoms with Crippen molar-refractivity contribution in [3.05, 3.63) is 0 Å². The lowest BCUT2D eigenvalue weighted by Gasteiger charge is -2.02. The summed E-state index contributed by atoms with van der Waals surface area (Å²) in [7, 11) is 0. The van der Waals surface area contributed by atoms with E-state index in [4.69, 9.17) is 4.74 Å². The van der Waals surface area contributed by atoms with Gasteiger partial charge in [-0.2, -0.15) is 0 Å². The monoisotopic (exact) mass is 128 g/mol. The van der Waals surface area contributed by atoms with Gasteiger partial charge in [0.15, 0.2) is 0 Å². The van der Waals surface area contributed by atoms with Crippen molar-refractivity contribution in [3.63, 3.8) is 0 Å². The van der Waals surface area contributed by atoms with E-state index in [1.54, 1.807) is 0 Å². The molecule has 0 aromatic carbocycles. The third-order valence-electron chi connectivity index (χ3n) is 2.24. The van der Waals surface area contributed by atoms with Crippen molar-refractivity contribution < 1.29 is 9.84 Å². The SMILES string of the molecule is OC1CCCC[C@H]2O[C@H]12. The average Bonchev–Trinajstić information content (AvgIpc) is 2.55. The summed E-state index contributed by atoms with van der Waals surface area (Å²) < 4.78 is 5.22. The molecule has 2 fully saturated rings. The third kappa shape index (κ3) is 0.970. The van der Waals surface area contributed by atoms with Crippen molar-refractivity contribution in [1.29, 1.82) is 0 Å². The quantitative estimate of drug-likeness (QED) is 0.487. The fourth-order valence-electron chi connectivity index (χ4n) is 1.59. The molecule has 0 aromatic heterocycles. The van der Waals surface area contributed by atoms with E-state index >= 15 is 0 Å². The highest BCUT2D eigenvalue weighted by Crippen LogP contribution is 2.34. The Morgan fingerprint density at radius 2 is 2.00 bits per heavy atom. The molecule has 2 rings (SSSR count). The first-order valence-electron chi connectivity index (χ1n) is 3.71. The zero-order valence-corrected chi connectivity index (χ0v) is 5.42. The number of aliphatic hydroxyl groups is 1. The van der Waals surface area contributed by atoms with Gasteiger partial charge in [-0.3, -0.25) is 0 Å². The molecule has 52 valence electrons. The summed E-state index contributed by atoms with van der Waals surface area (Å²) in [5, 5.41) is 9.27. The lowest BCUT2D eigenvalue weighted by Crippen LogP contribution is -2.14. The summed E-state index contributed by atoms with van der Waals surface area (Å²) >= 11 is 0. The Morgan fingerprint density at radius 1 is 1.22 bits per heavy atom. The van der Waals surface area contributed by atoms with Crippen LogP contribution in [0.15, 0.2) is 0 Å². The molecule has 2 aliphatic rings. The van der Waals surface area contributed by atoms with Crippen LogP contribution < -0.4 is 0 Å². The number of epoxide rings is 1. The minimum Gasteiger partial charge on any atom is -0.390 e. The van der Waals surface area contributed by atoms with Crippen LogP contribution in [0.1, 0.15) is 25.7 Å². The normalized spacial score (nSPS) is 49.7. The lowest BCUT2D eigenvalue weighted by molar-refractivity contribution is 0.122. The Kier molecular flexibility index (Phi) is 1.24. The van der Waals surface area contributed by atoms with Gasteiger partial charge in [0, 0.05) is 0 Å². The molecule has 1 aliphatic heterocycles. The summed E-state index contributed by atoms with van der Waals surface area (Å²) in [6, 6.07) is 0. The molecule has 2 nitrogen and oxygen atoms in total. The molecular weight excluding hydrogens is 116 g/mol. The second-order valence-corrected chi connectivity index (χ2v) is 2.99. The highest BCUT2D eigenvalue weighted by atomic mass is 16.6. The van der Waals surface area contributed by atoms with Crippen LogP contribution >= 0.6 is 0 Å². The molecule has 0 radical (unpaired) electrons. The molecule has 1 N–H and O–H groups in total. The standard InChI is InChI=1S/C7H12O2/c8-5-3-1-2-4-6-7(5)9-6/h5-8H,1-4H2/t5?,6-,7-/m1/s1. The van der Waals surface area contributed by atoms with Crippen LogP contribution in [0.2, 0.25) is 0 Å². The molecule has 0 spiro atoms. The molecular formula is C7H12O2. The van der Waals surface area contributed by atoms with Gasteiger partial charge in [-0.15, -0.1) is 0 Å². The van der Waals surface area contributed by atoms with E-state index in [9.17, 15) is 5.11 Å². The van der Waals surface area contributed by atoms with Crippen LogP contribution in [0.5, 0.6) is 0 Å². The van der Waals surface area contributed by atoms with E-state index in [1.165, 1.54) is 19.3 Å². The maximum atomic E-state index is 9.27. The highest BCUT2D eigenvalue weighted by molar-refractivity contribution is 4.92. The first kappa shape index (κ1) is 5.69. The van der Waals surface area contributed by atoms with Crippen molar-refractivity contribution in [3.8, 4) is 0 Å². The molecule has 3 atom stereocenters. The maximum Gasteiger partial charge on any atom is 0.110 e. The molecule has 0 amide bonds. The maximum absolute atomic E-state index is 9.27. The molecule has 0 bridgehead atoms. The van der Waals surface area contributed by atoms with Gasteiger partial charge >= 0.3 is 0 Å². The molecule has 9 heavy (non-hydrogen) atoms. The van der Waals surface area contributed by atoms with E-state index in [0.717, 1.165) is 6.42 Å². The van der Waals surface area contributed by atoms with Crippen molar-refractivity contribution in [1.82, 2.24) is 0 Å². The van der Waals surface area contributed by atoms with Crippen molar-refractivity contribution in [2.75, 3.05) is 0 Å². The van der Waals surface area contributed by atoms with Crippen molar-refractivity contribution in [2.45, 2.75) is 44.0 Å². The number of aliphatic hydroxyl groups excluding tert-OH is 1. The first-order chi connectivity index (χ1) is 4.38. The minimum atomic E-state index is -0.155. The molecule has 1 heterocycles. The Hall–Kier alpha value is -0.0800. The van der Waals surface area contributed by atoms with Crippen LogP contribution in [0.3, 0.4) is 0 Å².